The molecule has 0 bridgehead atoms. The topological polar surface area (TPSA) is 48.2 Å². The Balaban J connectivity index is 2.34. The Morgan fingerprint density at radius 3 is 2.80 bits per heavy atom. The average molecular weight is 207 g/mol. The van der Waals surface area contributed by atoms with Crippen molar-refractivity contribution < 1.29 is 9.60 Å². The van der Waals surface area contributed by atoms with Crippen molar-refractivity contribution in [3.05, 3.63) is 47.5 Å². The highest BCUT2D eigenvalue weighted by Crippen LogP contribution is 2.27. The third-order valence-electron chi connectivity index (χ3n) is 2.08. The van der Waals surface area contributed by atoms with E-state index in [1.165, 1.54) is 12.3 Å². The molecule has 0 spiro atoms. The first-order valence-electron chi connectivity index (χ1n) is 4.49. The van der Waals surface area contributed by atoms with Gasteiger partial charge in [0, 0.05) is 5.56 Å². The Labute approximate surface area is 86.3 Å². The van der Waals surface area contributed by atoms with E-state index in [9.17, 15) is 9.60 Å². The van der Waals surface area contributed by atoms with Crippen molar-refractivity contribution in [3.63, 3.8) is 0 Å². The van der Waals surface area contributed by atoms with E-state index in [0.29, 0.717) is 11.3 Å². The highest BCUT2D eigenvalue weighted by Gasteiger charge is 2.21. The summed E-state index contributed by atoms with van der Waals surface area (Å²) in [5, 5.41) is 18.0. The van der Waals surface area contributed by atoms with Gasteiger partial charge in [-0.15, -0.1) is 0 Å². The fraction of sp³-hybridized carbons (Fsp3) is 0.200. The summed E-state index contributed by atoms with van der Waals surface area (Å²) in [5.41, 5.74) is 0.873. The van der Waals surface area contributed by atoms with Crippen LogP contribution in [0.5, 0.6) is 0 Å². The minimum Gasteiger partial charge on any atom is -0.286 e. The van der Waals surface area contributed by atoms with Crippen LogP contribution in [0.4, 0.5) is 4.39 Å². The zero-order valence-corrected chi connectivity index (χ0v) is 8.13. The van der Waals surface area contributed by atoms with Crippen LogP contribution in [0.3, 0.4) is 0 Å². The Hall–Kier alpha value is -1.75. The first kappa shape index (κ1) is 9.79. The van der Waals surface area contributed by atoms with E-state index in [2.05, 4.69) is 10.2 Å². The average Bonchev–Trinajstić information content (AvgIpc) is 2.20. The molecule has 0 saturated heterocycles. The van der Waals surface area contributed by atoms with Crippen LogP contribution >= 0.6 is 0 Å². The molecule has 1 heterocycles. The van der Waals surface area contributed by atoms with Gasteiger partial charge in [-0.25, -0.2) is 9.45 Å². The van der Waals surface area contributed by atoms with Crippen molar-refractivity contribution >= 4 is 0 Å². The third kappa shape index (κ3) is 1.87. The summed E-state index contributed by atoms with van der Waals surface area (Å²) in [6.45, 7) is 1.70. The maximum atomic E-state index is 13.4. The second-order valence-corrected chi connectivity index (χ2v) is 3.26. The van der Waals surface area contributed by atoms with Crippen molar-refractivity contribution in [1.29, 1.82) is 0 Å². The number of hydrogen-bond donors (Lipinski definition) is 1. The Morgan fingerprint density at radius 2 is 2.13 bits per heavy atom. The predicted octanol–water partition coefficient (Wildman–Crippen LogP) is 2.84. The van der Waals surface area contributed by atoms with Gasteiger partial charge in [0.2, 0.25) is 0 Å². The molecule has 15 heavy (non-hydrogen) atoms. The molecule has 78 valence electrons. The van der Waals surface area contributed by atoms with Gasteiger partial charge in [0.25, 0.3) is 0 Å². The van der Waals surface area contributed by atoms with Gasteiger partial charge in [-0.3, -0.25) is 5.21 Å². The maximum absolute atomic E-state index is 13.4. The van der Waals surface area contributed by atoms with Gasteiger partial charge in [-0.05, 0) is 13.0 Å². The number of nitrogens with zero attached hydrogens (tertiary/aromatic N) is 3. The van der Waals surface area contributed by atoms with Gasteiger partial charge < -0.3 is 0 Å². The minimum absolute atomic E-state index is 0.299. The largest absolute Gasteiger partial charge is 0.286 e. The Morgan fingerprint density at radius 1 is 1.40 bits per heavy atom. The molecule has 0 fully saturated rings. The molecule has 1 aliphatic heterocycles. The second kappa shape index (κ2) is 3.78. The van der Waals surface area contributed by atoms with Crippen LogP contribution < -0.4 is 0 Å². The Bertz CT molecular complexity index is 430. The summed E-state index contributed by atoms with van der Waals surface area (Å²) in [7, 11) is 0. The van der Waals surface area contributed by atoms with Gasteiger partial charge >= 0.3 is 0 Å². The molecule has 5 heteroatoms. The van der Waals surface area contributed by atoms with Crippen molar-refractivity contribution in [2.75, 3.05) is 0 Å². The normalized spacial score (nSPS) is 20.3. The number of benzene rings is 1. The fourth-order valence-electron chi connectivity index (χ4n) is 1.38. The zero-order valence-electron chi connectivity index (χ0n) is 8.13. The fourth-order valence-corrected chi connectivity index (χ4v) is 1.38. The van der Waals surface area contributed by atoms with E-state index in [1.807, 2.05) is 0 Å². The monoisotopic (exact) mass is 207 g/mol. The summed E-state index contributed by atoms with van der Waals surface area (Å²) in [4.78, 5) is 0. The maximum Gasteiger partial charge on any atom is 0.194 e. The number of allylic oxidation sites excluding steroid dienone is 1. The lowest BCUT2D eigenvalue weighted by atomic mass is 10.1. The number of halogens is 1. The zero-order chi connectivity index (χ0) is 10.8. The summed E-state index contributed by atoms with van der Waals surface area (Å²) >= 11 is 0. The molecule has 0 saturated carbocycles. The third-order valence-corrected chi connectivity index (χ3v) is 2.08. The highest BCUT2D eigenvalue weighted by molar-refractivity contribution is 5.21. The van der Waals surface area contributed by atoms with Crippen molar-refractivity contribution in [1.82, 2.24) is 5.06 Å². The van der Waals surface area contributed by atoms with E-state index in [0.717, 1.165) is 5.06 Å². The van der Waals surface area contributed by atoms with Crippen LogP contribution in [0.1, 0.15) is 18.7 Å². The summed E-state index contributed by atoms with van der Waals surface area (Å²) in [6, 6.07) is 6.16. The number of rotatable bonds is 1. The molecule has 0 radical (unpaired) electrons. The second-order valence-electron chi connectivity index (χ2n) is 3.26. The molecule has 1 N–H and O–H groups in total. The van der Waals surface area contributed by atoms with Gasteiger partial charge in [-0.2, -0.15) is 10.2 Å². The molecule has 0 amide bonds. The standard InChI is InChI=1S/C10H10FN3O/c1-7-6-14(15)10(13-12-7)8-4-2-3-5-9(8)11/h2-6,10,15H,1H3. The smallest absolute Gasteiger partial charge is 0.194 e. The van der Waals surface area contributed by atoms with Gasteiger partial charge in [0.05, 0.1) is 11.9 Å². The molecule has 4 nitrogen and oxygen atoms in total. The molecule has 1 aliphatic rings. The predicted molar refractivity (Wildman–Crippen MR) is 51.4 cm³/mol. The minimum atomic E-state index is -0.796. The molecule has 2 rings (SSSR count). The van der Waals surface area contributed by atoms with Crippen LogP contribution in [-0.2, 0) is 0 Å². The van der Waals surface area contributed by atoms with Gasteiger partial charge in [0.1, 0.15) is 5.82 Å². The highest BCUT2D eigenvalue weighted by atomic mass is 19.1. The Kier molecular flexibility index (Phi) is 2.47. The van der Waals surface area contributed by atoms with Crippen molar-refractivity contribution in [3.8, 4) is 0 Å². The van der Waals surface area contributed by atoms with E-state index in [4.69, 9.17) is 0 Å². The molecule has 1 aromatic carbocycles. The van der Waals surface area contributed by atoms with Crippen LogP contribution in [-0.4, -0.2) is 10.3 Å². The molecular formula is C10H10FN3O. The van der Waals surface area contributed by atoms with Crippen LogP contribution in [0.2, 0.25) is 0 Å². The first-order chi connectivity index (χ1) is 7.18. The van der Waals surface area contributed by atoms with Crippen molar-refractivity contribution in [2.45, 2.75) is 13.1 Å². The quantitative estimate of drug-likeness (QED) is 0.769. The lowest BCUT2D eigenvalue weighted by Crippen LogP contribution is -2.21. The molecule has 1 unspecified atom stereocenters. The molecular weight excluding hydrogens is 197 g/mol. The van der Waals surface area contributed by atoms with E-state index in [1.54, 1.807) is 25.1 Å². The SMILES string of the molecule is CC1=CN(O)C(c2ccccc2F)N=N1. The number of hydroxylamine groups is 2. The molecule has 1 atom stereocenters. The number of hydrogen-bond acceptors (Lipinski definition) is 4. The summed E-state index contributed by atoms with van der Waals surface area (Å²) in [6.07, 6.45) is 0.610. The first-order valence-corrected chi connectivity index (χ1v) is 4.49. The van der Waals surface area contributed by atoms with E-state index >= 15 is 0 Å². The van der Waals surface area contributed by atoms with E-state index < -0.39 is 12.0 Å². The summed E-state index contributed by atoms with van der Waals surface area (Å²) in [5.74, 6) is -0.409. The lowest BCUT2D eigenvalue weighted by Gasteiger charge is -2.23. The van der Waals surface area contributed by atoms with Gasteiger partial charge in [-0.1, -0.05) is 18.2 Å². The van der Waals surface area contributed by atoms with Crippen LogP contribution in [0.25, 0.3) is 0 Å². The van der Waals surface area contributed by atoms with Crippen LogP contribution in [0, 0.1) is 5.82 Å². The van der Waals surface area contributed by atoms with E-state index in [-0.39, 0.29) is 0 Å². The molecule has 1 aromatic rings. The van der Waals surface area contributed by atoms with Crippen LogP contribution in [0.15, 0.2) is 46.4 Å². The van der Waals surface area contributed by atoms with Crippen molar-refractivity contribution in [2.24, 2.45) is 10.2 Å². The molecule has 0 aromatic heterocycles. The molecule has 0 aliphatic carbocycles. The van der Waals surface area contributed by atoms with Gasteiger partial charge in [0.15, 0.2) is 6.17 Å². The lowest BCUT2D eigenvalue weighted by molar-refractivity contribution is -0.0853. The number of azo groups is 1. The summed E-state index contributed by atoms with van der Waals surface area (Å²) < 4.78 is 13.4.